The fourth-order valence-electron chi connectivity index (χ4n) is 4.28. The van der Waals surface area contributed by atoms with Gasteiger partial charge in [-0.05, 0) is 16.7 Å². The number of morpholine rings is 1. The molecule has 0 bridgehead atoms. The topological polar surface area (TPSA) is 98.5 Å². The third kappa shape index (κ3) is 4.90. The third-order valence-corrected chi connectivity index (χ3v) is 5.92. The summed E-state index contributed by atoms with van der Waals surface area (Å²) in [7, 11) is 3.38. The summed E-state index contributed by atoms with van der Waals surface area (Å²) in [5, 5.41) is 5.05. The molecule has 1 aliphatic heterocycles. The van der Waals surface area contributed by atoms with Crippen LogP contribution in [0.4, 0.5) is 0 Å². The highest BCUT2D eigenvalue weighted by Gasteiger charge is 2.46. The maximum absolute atomic E-state index is 13.3. The van der Waals surface area contributed by atoms with Crippen LogP contribution in [0, 0.1) is 0 Å². The number of ether oxygens (including phenoxy) is 1. The summed E-state index contributed by atoms with van der Waals surface area (Å²) in [5.41, 5.74) is 1.94. The van der Waals surface area contributed by atoms with Gasteiger partial charge >= 0.3 is 0 Å². The molecule has 1 aliphatic rings. The van der Waals surface area contributed by atoms with E-state index < -0.39 is 5.60 Å². The first kappa shape index (κ1) is 22.5. The molecule has 8 nitrogen and oxygen atoms in total. The summed E-state index contributed by atoms with van der Waals surface area (Å²) in [6, 6.07) is 18.1. The van der Waals surface area contributed by atoms with Gasteiger partial charge in [0.05, 0.1) is 19.6 Å². The van der Waals surface area contributed by atoms with Crippen LogP contribution in [0.2, 0.25) is 0 Å². The Labute approximate surface area is 192 Å². The molecule has 1 atom stereocenters. The van der Waals surface area contributed by atoms with E-state index in [-0.39, 0.29) is 36.9 Å². The van der Waals surface area contributed by atoms with Crippen molar-refractivity contribution in [3.63, 3.8) is 0 Å². The number of aromatic amines is 2. The van der Waals surface area contributed by atoms with E-state index in [1.807, 2.05) is 48.5 Å². The molecule has 2 amide bonds. The smallest absolute Gasteiger partial charge is 0.267 e. The Morgan fingerprint density at radius 2 is 1.85 bits per heavy atom. The fraction of sp³-hybridized carbons (Fsp3) is 0.320. The summed E-state index contributed by atoms with van der Waals surface area (Å²) in [6.07, 6.45) is 1.79. The van der Waals surface area contributed by atoms with Crippen LogP contribution in [0.25, 0.3) is 11.1 Å². The van der Waals surface area contributed by atoms with E-state index in [0.29, 0.717) is 18.5 Å². The number of H-pyrrole nitrogens is 2. The number of rotatable bonds is 6. The van der Waals surface area contributed by atoms with Gasteiger partial charge in [-0.25, -0.2) is 0 Å². The van der Waals surface area contributed by atoms with Crippen LogP contribution in [-0.2, 0) is 27.2 Å². The second kappa shape index (κ2) is 9.46. The number of carbonyl (C=O) groups excluding carboxylic acids is 2. The van der Waals surface area contributed by atoms with Gasteiger partial charge in [0.15, 0.2) is 5.60 Å². The third-order valence-electron chi connectivity index (χ3n) is 5.92. The predicted molar refractivity (Wildman–Crippen MR) is 125 cm³/mol. The second-order valence-corrected chi connectivity index (χ2v) is 8.55. The molecule has 33 heavy (non-hydrogen) atoms. The Bertz CT molecular complexity index is 1180. The molecule has 0 aliphatic carbocycles. The second-order valence-electron chi connectivity index (χ2n) is 8.55. The molecule has 0 radical (unpaired) electrons. The highest BCUT2D eigenvalue weighted by molar-refractivity contribution is 5.87. The van der Waals surface area contributed by atoms with Gasteiger partial charge in [-0.15, -0.1) is 0 Å². The Morgan fingerprint density at radius 3 is 2.55 bits per heavy atom. The largest absolute Gasteiger partial charge is 0.361 e. The van der Waals surface area contributed by atoms with Crippen molar-refractivity contribution in [3.8, 4) is 11.1 Å². The first-order valence-electron chi connectivity index (χ1n) is 10.9. The van der Waals surface area contributed by atoms with E-state index in [4.69, 9.17) is 4.74 Å². The molecule has 3 aromatic rings. The Kier molecular flexibility index (Phi) is 6.46. The van der Waals surface area contributed by atoms with Crippen molar-refractivity contribution in [3.05, 3.63) is 82.3 Å². The number of nitrogens with zero attached hydrogens (tertiary/aromatic N) is 2. The number of aromatic nitrogens is 2. The minimum Gasteiger partial charge on any atom is -0.361 e. The molecule has 0 unspecified atom stereocenters. The summed E-state index contributed by atoms with van der Waals surface area (Å²) in [6.45, 7) is 0.738. The zero-order chi connectivity index (χ0) is 23.4. The van der Waals surface area contributed by atoms with Gasteiger partial charge < -0.3 is 19.6 Å². The number of likely N-dealkylation sites (N-methyl/N-ethyl adjacent to an activating group) is 1. The van der Waals surface area contributed by atoms with Gasteiger partial charge in [0.2, 0.25) is 5.91 Å². The summed E-state index contributed by atoms with van der Waals surface area (Å²) >= 11 is 0. The van der Waals surface area contributed by atoms with Crippen molar-refractivity contribution in [2.45, 2.75) is 18.4 Å². The molecule has 1 fully saturated rings. The van der Waals surface area contributed by atoms with Crippen LogP contribution in [-0.4, -0.2) is 71.2 Å². The Balaban J connectivity index is 1.60. The van der Waals surface area contributed by atoms with E-state index in [2.05, 4.69) is 16.3 Å². The zero-order valence-corrected chi connectivity index (χ0v) is 18.8. The van der Waals surface area contributed by atoms with E-state index >= 15 is 0 Å². The lowest BCUT2D eigenvalue weighted by Crippen LogP contribution is -2.62. The van der Waals surface area contributed by atoms with E-state index in [1.165, 1.54) is 11.1 Å². The summed E-state index contributed by atoms with van der Waals surface area (Å²) in [5.74, 6) is -0.401. The summed E-state index contributed by atoms with van der Waals surface area (Å²) < 4.78 is 6.12. The van der Waals surface area contributed by atoms with Crippen LogP contribution in [0.5, 0.6) is 0 Å². The molecule has 2 N–H and O–H groups in total. The number of carbonyl (C=O) groups is 2. The molecular weight excluding hydrogens is 420 g/mol. The highest BCUT2D eigenvalue weighted by Crippen LogP contribution is 2.28. The van der Waals surface area contributed by atoms with E-state index in [9.17, 15) is 14.4 Å². The quantitative estimate of drug-likeness (QED) is 0.601. The minimum absolute atomic E-state index is 0.0332. The van der Waals surface area contributed by atoms with E-state index in [0.717, 1.165) is 16.7 Å². The molecule has 8 heteroatoms. The molecule has 2 aromatic carbocycles. The van der Waals surface area contributed by atoms with E-state index in [1.54, 1.807) is 19.0 Å². The lowest BCUT2D eigenvalue weighted by Gasteiger charge is -2.43. The van der Waals surface area contributed by atoms with Crippen molar-refractivity contribution < 1.29 is 14.3 Å². The average Bonchev–Trinajstić information content (AvgIpc) is 3.23. The van der Waals surface area contributed by atoms with Gasteiger partial charge in [-0.2, -0.15) is 0 Å². The molecule has 1 aromatic heterocycles. The molecular formula is C25H28N4O4. The van der Waals surface area contributed by atoms with Crippen molar-refractivity contribution in [1.82, 2.24) is 20.0 Å². The van der Waals surface area contributed by atoms with Crippen LogP contribution >= 0.6 is 0 Å². The standard InChI is InChI=1S/C25H28N4O4/c1-28(2)24(32)25(15-18-7-6-10-20(13-18)19-8-4-3-5-9-19)17-29(11-12-33-25)22(30)14-21-16-26-27-23(21)31/h3-10,13,16H,11-12,14-15,17H2,1-2H3,(H2,26,27,31)/t25-/m0/s1. The fourth-order valence-corrected chi connectivity index (χ4v) is 4.28. The van der Waals surface area contributed by atoms with Gasteiger partial charge in [0.25, 0.3) is 11.5 Å². The van der Waals surface area contributed by atoms with Gasteiger partial charge in [-0.1, -0.05) is 54.6 Å². The Hall–Kier alpha value is -3.65. The SMILES string of the molecule is CN(C)C(=O)[C@]1(Cc2cccc(-c3ccccc3)c2)CN(C(=O)Cc2c[nH][nH]c2=O)CCO1. The molecule has 172 valence electrons. The molecule has 2 heterocycles. The number of nitrogens with one attached hydrogen (secondary N) is 2. The molecule has 4 rings (SSSR count). The monoisotopic (exact) mass is 448 g/mol. The lowest BCUT2D eigenvalue weighted by molar-refractivity contribution is -0.172. The maximum atomic E-state index is 13.3. The predicted octanol–water partition coefficient (Wildman–Crippen LogP) is 1.84. The number of hydrogen-bond acceptors (Lipinski definition) is 4. The van der Waals surface area contributed by atoms with Crippen molar-refractivity contribution in [1.29, 1.82) is 0 Å². The minimum atomic E-state index is -1.20. The van der Waals surface area contributed by atoms with Crippen LogP contribution in [0.3, 0.4) is 0 Å². The molecule has 1 saturated heterocycles. The van der Waals surface area contributed by atoms with Gasteiger partial charge in [0, 0.05) is 38.8 Å². The van der Waals surface area contributed by atoms with Crippen LogP contribution in [0.1, 0.15) is 11.1 Å². The zero-order valence-electron chi connectivity index (χ0n) is 18.8. The van der Waals surface area contributed by atoms with Crippen molar-refractivity contribution in [2.75, 3.05) is 33.8 Å². The normalized spacial score (nSPS) is 18.2. The first-order chi connectivity index (χ1) is 15.9. The average molecular weight is 449 g/mol. The molecule has 0 saturated carbocycles. The van der Waals surface area contributed by atoms with Gasteiger partial charge in [0.1, 0.15) is 0 Å². The number of benzene rings is 2. The van der Waals surface area contributed by atoms with Crippen LogP contribution in [0.15, 0.2) is 65.6 Å². The van der Waals surface area contributed by atoms with Gasteiger partial charge in [-0.3, -0.25) is 19.5 Å². The lowest BCUT2D eigenvalue weighted by atomic mass is 9.89. The number of hydrogen-bond donors (Lipinski definition) is 2. The Morgan fingerprint density at radius 1 is 1.09 bits per heavy atom. The molecule has 0 spiro atoms. The maximum Gasteiger partial charge on any atom is 0.267 e. The van der Waals surface area contributed by atoms with Crippen LogP contribution < -0.4 is 5.56 Å². The van der Waals surface area contributed by atoms with Crippen molar-refractivity contribution in [2.24, 2.45) is 0 Å². The number of amides is 2. The highest BCUT2D eigenvalue weighted by atomic mass is 16.5. The first-order valence-corrected chi connectivity index (χ1v) is 10.9. The summed E-state index contributed by atoms with van der Waals surface area (Å²) in [4.78, 5) is 41.2. The van der Waals surface area contributed by atoms with Crippen molar-refractivity contribution >= 4 is 11.8 Å².